The second kappa shape index (κ2) is 8.65. The first-order valence-electron chi connectivity index (χ1n) is 9.73. The molecule has 0 saturated carbocycles. The zero-order chi connectivity index (χ0) is 22.0. The molecule has 1 aromatic carbocycles. The molecule has 0 bridgehead atoms. The van der Waals surface area contributed by atoms with E-state index in [0.29, 0.717) is 41.0 Å². The Balaban J connectivity index is 1.63. The zero-order valence-electron chi connectivity index (χ0n) is 16.6. The fourth-order valence-electron chi connectivity index (χ4n) is 3.67. The predicted molar refractivity (Wildman–Crippen MR) is 116 cm³/mol. The molecule has 2 aromatic heterocycles. The summed E-state index contributed by atoms with van der Waals surface area (Å²) in [6.07, 6.45) is 3.94. The first kappa shape index (κ1) is 20.7. The van der Waals surface area contributed by atoms with Gasteiger partial charge in [-0.1, -0.05) is 11.6 Å². The van der Waals surface area contributed by atoms with Gasteiger partial charge in [-0.15, -0.1) is 0 Å². The number of anilines is 1. The van der Waals surface area contributed by atoms with Crippen molar-refractivity contribution in [2.24, 2.45) is 5.73 Å². The summed E-state index contributed by atoms with van der Waals surface area (Å²) in [5, 5.41) is 5.12. The van der Waals surface area contributed by atoms with E-state index in [9.17, 15) is 9.59 Å². The van der Waals surface area contributed by atoms with E-state index >= 15 is 0 Å². The molecular formula is C21H21ClN6O3. The number of nitrogens with zero attached hydrogens (tertiary/aromatic N) is 4. The highest BCUT2D eigenvalue weighted by molar-refractivity contribution is 6.30. The number of nitrogen functional groups attached to an aromatic ring is 1. The fourth-order valence-corrected chi connectivity index (χ4v) is 3.79. The van der Waals surface area contributed by atoms with Gasteiger partial charge in [0.15, 0.2) is 0 Å². The molecule has 3 aromatic rings. The van der Waals surface area contributed by atoms with Crippen LogP contribution in [-0.2, 0) is 4.79 Å². The van der Waals surface area contributed by atoms with Crippen molar-refractivity contribution in [3.05, 3.63) is 53.2 Å². The topological polar surface area (TPSA) is 129 Å². The van der Waals surface area contributed by atoms with Gasteiger partial charge in [-0.2, -0.15) is 5.10 Å². The van der Waals surface area contributed by atoms with Crippen molar-refractivity contribution >= 4 is 29.7 Å². The first-order valence-corrected chi connectivity index (χ1v) is 10.1. The molecule has 4 rings (SSSR count). The van der Waals surface area contributed by atoms with Gasteiger partial charge in [0.1, 0.15) is 22.8 Å². The standard InChI is InChI=1S/C21H21ClN6O3/c22-14-5-8-17(25-10-14)31-16-6-3-13(4-7-16)19-18(21(24)30)20(23)28(26-19)15-2-1-9-27(11-15)12-29/h3-8,10,12,15H,1-2,9,11,23H2,(H2,24,30)/t15-/m1/s1. The summed E-state index contributed by atoms with van der Waals surface area (Å²) >= 11 is 5.84. The normalized spacial score (nSPS) is 16.2. The molecule has 10 heteroatoms. The molecule has 0 unspecified atom stereocenters. The Bertz CT molecular complexity index is 1100. The molecule has 0 radical (unpaired) electrons. The number of benzene rings is 1. The highest BCUT2D eigenvalue weighted by Crippen LogP contribution is 2.33. The molecule has 1 aliphatic heterocycles. The number of likely N-dealkylation sites (tertiary alicyclic amines) is 1. The molecule has 1 saturated heterocycles. The third-order valence-electron chi connectivity index (χ3n) is 5.17. The molecule has 2 amide bonds. The molecule has 3 heterocycles. The summed E-state index contributed by atoms with van der Waals surface area (Å²) in [4.78, 5) is 29.1. The number of halogens is 1. The Morgan fingerprint density at radius 1 is 1.23 bits per heavy atom. The van der Waals surface area contributed by atoms with E-state index in [1.54, 1.807) is 46.0 Å². The minimum Gasteiger partial charge on any atom is -0.439 e. The summed E-state index contributed by atoms with van der Waals surface area (Å²) in [5.41, 5.74) is 13.1. The van der Waals surface area contributed by atoms with Crippen LogP contribution in [0.2, 0.25) is 5.02 Å². The van der Waals surface area contributed by atoms with Crippen molar-refractivity contribution in [2.75, 3.05) is 18.8 Å². The van der Waals surface area contributed by atoms with Crippen LogP contribution in [0.15, 0.2) is 42.6 Å². The summed E-state index contributed by atoms with van der Waals surface area (Å²) in [6.45, 7) is 1.18. The van der Waals surface area contributed by atoms with Crippen LogP contribution in [0.25, 0.3) is 11.3 Å². The van der Waals surface area contributed by atoms with E-state index in [0.717, 1.165) is 19.3 Å². The van der Waals surface area contributed by atoms with E-state index in [1.165, 1.54) is 6.20 Å². The van der Waals surface area contributed by atoms with Crippen molar-refractivity contribution in [2.45, 2.75) is 18.9 Å². The molecular weight excluding hydrogens is 420 g/mol. The monoisotopic (exact) mass is 440 g/mol. The lowest BCUT2D eigenvalue weighted by Crippen LogP contribution is -2.36. The summed E-state index contributed by atoms with van der Waals surface area (Å²) in [6, 6.07) is 10.2. The lowest BCUT2D eigenvalue weighted by Gasteiger charge is -2.30. The number of pyridine rings is 1. The largest absolute Gasteiger partial charge is 0.439 e. The number of hydrogen-bond donors (Lipinski definition) is 2. The number of aromatic nitrogens is 3. The van der Waals surface area contributed by atoms with Gasteiger partial charge in [0.25, 0.3) is 5.91 Å². The van der Waals surface area contributed by atoms with E-state index in [2.05, 4.69) is 10.1 Å². The van der Waals surface area contributed by atoms with Crippen molar-refractivity contribution < 1.29 is 14.3 Å². The lowest BCUT2D eigenvalue weighted by atomic mass is 10.1. The van der Waals surface area contributed by atoms with Gasteiger partial charge in [-0.25, -0.2) is 9.67 Å². The molecule has 0 spiro atoms. The summed E-state index contributed by atoms with van der Waals surface area (Å²) in [7, 11) is 0. The Morgan fingerprint density at radius 3 is 2.65 bits per heavy atom. The van der Waals surface area contributed by atoms with Gasteiger partial charge >= 0.3 is 0 Å². The number of hydrogen-bond acceptors (Lipinski definition) is 6. The van der Waals surface area contributed by atoms with E-state index in [1.807, 2.05) is 0 Å². The maximum Gasteiger partial charge on any atom is 0.254 e. The van der Waals surface area contributed by atoms with Gasteiger partial charge in [-0.05, 0) is 43.2 Å². The average Bonchev–Trinajstić information content (AvgIpc) is 3.13. The van der Waals surface area contributed by atoms with Crippen LogP contribution >= 0.6 is 11.6 Å². The van der Waals surface area contributed by atoms with Crippen LogP contribution < -0.4 is 16.2 Å². The molecule has 9 nitrogen and oxygen atoms in total. The number of carbonyl (C=O) groups excluding carboxylic acids is 2. The molecule has 1 aliphatic rings. The number of amides is 2. The molecule has 1 fully saturated rings. The van der Waals surface area contributed by atoms with Crippen LogP contribution in [0.4, 0.5) is 5.82 Å². The van der Waals surface area contributed by atoms with Gasteiger partial charge in [0.05, 0.1) is 11.1 Å². The van der Waals surface area contributed by atoms with Gasteiger partial charge in [0.2, 0.25) is 12.3 Å². The van der Waals surface area contributed by atoms with E-state index < -0.39 is 5.91 Å². The Labute approximate surface area is 183 Å². The van der Waals surface area contributed by atoms with Gasteiger partial charge < -0.3 is 21.1 Å². The van der Waals surface area contributed by atoms with Crippen LogP contribution in [0.5, 0.6) is 11.6 Å². The third-order valence-corrected chi connectivity index (χ3v) is 5.39. The number of rotatable bonds is 6. The maximum atomic E-state index is 12.1. The van der Waals surface area contributed by atoms with Crippen molar-refractivity contribution in [3.63, 3.8) is 0 Å². The smallest absolute Gasteiger partial charge is 0.254 e. The van der Waals surface area contributed by atoms with Gasteiger partial charge in [-0.3, -0.25) is 9.59 Å². The van der Waals surface area contributed by atoms with Crippen LogP contribution in [0.1, 0.15) is 29.2 Å². The van der Waals surface area contributed by atoms with Crippen molar-refractivity contribution in [3.8, 4) is 22.9 Å². The van der Waals surface area contributed by atoms with Crippen molar-refractivity contribution in [1.29, 1.82) is 0 Å². The summed E-state index contributed by atoms with van der Waals surface area (Å²) in [5.74, 6) is 0.500. The molecule has 1 atom stereocenters. The van der Waals surface area contributed by atoms with E-state index in [4.69, 9.17) is 27.8 Å². The highest BCUT2D eigenvalue weighted by Gasteiger charge is 2.28. The molecule has 31 heavy (non-hydrogen) atoms. The lowest BCUT2D eigenvalue weighted by molar-refractivity contribution is -0.119. The molecule has 0 aliphatic carbocycles. The van der Waals surface area contributed by atoms with E-state index in [-0.39, 0.29) is 17.4 Å². The number of carbonyl (C=O) groups is 2. The van der Waals surface area contributed by atoms with Crippen LogP contribution in [-0.4, -0.2) is 45.1 Å². The highest BCUT2D eigenvalue weighted by atomic mass is 35.5. The minimum atomic E-state index is -0.660. The number of nitrogens with two attached hydrogens (primary N) is 2. The second-order valence-electron chi connectivity index (χ2n) is 7.26. The number of piperidine rings is 1. The Morgan fingerprint density at radius 2 is 2.00 bits per heavy atom. The third kappa shape index (κ3) is 4.31. The maximum absolute atomic E-state index is 12.1. The van der Waals surface area contributed by atoms with Gasteiger partial charge in [0, 0.05) is 30.9 Å². The predicted octanol–water partition coefficient (Wildman–Crippen LogP) is 2.87. The first-order chi connectivity index (χ1) is 15.0. The van der Waals surface area contributed by atoms with Crippen LogP contribution in [0.3, 0.4) is 0 Å². The zero-order valence-corrected chi connectivity index (χ0v) is 17.3. The Kier molecular flexibility index (Phi) is 5.77. The number of primary amides is 1. The van der Waals surface area contributed by atoms with Crippen LogP contribution in [0, 0.1) is 0 Å². The molecule has 160 valence electrons. The quantitative estimate of drug-likeness (QED) is 0.567. The second-order valence-corrected chi connectivity index (χ2v) is 7.69. The summed E-state index contributed by atoms with van der Waals surface area (Å²) < 4.78 is 7.30. The molecule has 4 N–H and O–H groups in total. The van der Waals surface area contributed by atoms with Crippen molar-refractivity contribution in [1.82, 2.24) is 19.7 Å². The Hall–Kier alpha value is -3.59. The number of ether oxygens (including phenoxy) is 1. The fraction of sp³-hybridized carbons (Fsp3) is 0.238. The minimum absolute atomic E-state index is 0.121. The average molecular weight is 441 g/mol. The SMILES string of the molecule is NC(=O)c1c(-c2ccc(Oc3ccc(Cl)cn3)cc2)nn([C@@H]2CCCN(C=O)C2)c1N.